The molecule has 6 nitrogen and oxygen atoms in total. The lowest BCUT2D eigenvalue weighted by molar-refractivity contribution is -0.384. The van der Waals surface area contributed by atoms with Crippen molar-refractivity contribution < 1.29 is 14.8 Å². The first-order valence-electron chi connectivity index (χ1n) is 6.01. The lowest BCUT2D eigenvalue weighted by Gasteiger charge is -2.16. The molecule has 0 aliphatic heterocycles. The predicted octanol–water partition coefficient (Wildman–Crippen LogP) is 3.57. The molecular formula is C12H12Cl2N2O4. The Morgan fingerprint density at radius 1 is 1.35 bits per heavy atom. The fraction of sp³-hybridized carbons (Fsp3) is 0.417. The first-order valence-corrected chi connectivity index (χ1v) is 6.77. The number of nitro benzene ring substituents is 1. The Bertz CT molecular complexity index is 541. The van der Waals surface area contributed by atoms with Crippen molar-refractivity contribution >= 4 is 40.5 Å². The topological polar surface area (TPSA) is 92.5 Å². The van der Waals surface area contributed by atoms with Gasteiger partial charge in [0.15, 0.2) is 0 Å². The summed E-state index contributed by atoms with van der Waals surface area (Å²) >= 11 is 12.0. The molecule has 1 saturated carbocycles. The summed E-state index contributed by atoms with van der Waals surface area (Å²) in [6, 6.07) is 2.39. The van der Waals surface area contributed by atoms with Crippen LogP contribution in [0.3, 0.4) is 0 Å². The molecule has 2 N–H and O–H groups in total. The van der Waals surface area contributed by atoms with Crippen molar-refractivity contribution in [3.05, 3.63) is 32.3 Å². The monoisotopic (exact) mass is 318 g/mol. The lowest BCUT2D eigenvalue weighted by Crippen LogP contribution is -2.18. The van der Waals surface area contributed by atoms with Gasteiger partial charge in [-0.05, 0) is 19.3 Å². The van der Waals surface area contributed by atoms with Crippen LogP contribution in [0.5, 0.6) is 0 Å². The van der Waals surface area contributed by atoms with Crippen molar-refractivity contribution in [3.8, 4) is 0 Å². The quantitative estimate of drug-likeness (QED) is 0.654. The fourth-order valence-electron chi connectivity index (χ4n) is 2.34. The number of carboxylic acid groups (broad SMARTS) is 1. The van der Waals surface area contributed by atoms with Gasteiger partial charge in [0.2, 0.25) is 0 Å². The van der Waals surface area contributed by atoms with Crippen molar-refractivity contribution in [2.45, 2.75) is 25.3 Å². The van der Waals surface area contributed by atoms with Crippen LogP contribution in [0.15, 0.2) is 12.1 Å². The molecule has 0 amide bonds. The van der Waals surface area contributed by atoms with Crippen molar-refractivity contribution in [3.63, 3.8) is 0 Å². The minimum Gasteiger partial charge on any atom is -0.481 e. The van der Waals surface area contributed by atoms with Crippen LogP contribution < -0.4 is 5.32 Å². The molecule has 8 heteroatoms. The maximum Gasteiger partial charge on any atom is 0.306 e. The maximum absolute atomic E-state index is 10.9. The molecule has 2 rings (SSSR count). The first-order chi connectivity index (χ1) is 9.38. The highest BCUT2D eigenvalue weighted by atomic mass is 35.5. The molecule has 1 aromatic carbocycles. The van der Waals surface area contributed by atoms with Gasteiger partial charge >= 0.3 is 5.97 Å². The van der Waals surface area contributed by atoms with Crippen LogP contribution in [-0.4, -0.2) is 22.0 Å². The number of hydrogen-bond donors (Lipinski definition) is 2. The third-order valence-corrected chi connectivity index (χ3v) is 3.96. The first kappa shape index (κ1) is 14.9. The molecule has 0 bridgehead atoms. The Morgan fingerprint density at radius 3 is 2.40 bits per heavy atom. The van der Waals surface area contributed by atoms with E-state index in [1.54, 1.807) is 0 Å². The number of aliphatic carboxylic acids is 1. The molecule has 0 saturated heterocycles. The molecule has 1 aromatic rings. The largest absolute Gasteiger partial charge is 0.481 e. The molecule has 2 atom stereocenters. The summed E-state index contributed by atoms with van der Waals surface area (Å²) in [5.74, 6) is -1.18. The van der Waals surface area contributed by atoms with E-state index in [0.717, 1.165) is 0 Å². The van der Waals surface area contributed by atoms with Crippen LogP contribution in [-0.2, 0) is 4.79 Å². The predicted molar refractivity (Wildman–Crippen MR) is 75.5 cm³/mol. The van der Waals surface area contributed by atoms with E-state index in [-0.39, 0.29) is 27.7 Å². The number of benzene rings is 1. The van der Waals surface area contributed by atoms with Crippen LogP contribution in [0.4, 0.5) is 11.4 Å². The fourth-order valence-corrected chi connectivity index (χ4v) is 2.93. The van der Waals surface area contributed by atoms with Gasteiger partial charge in [-0.15, -0.1) is 0 Å². The average Bonchev–Trinajstić information content (AvgIpc) is 2.82. The van der Waals surface area contributed by atoms with E-state index in [0.29, 0.717) is 24.9 Å². The van der Waals surface area contributed by atoms with Crippen LogP contribution >= 0.6 is 23.2 Å². The molecule has 1 aliphatic carbocycles. The number of hydrogen-bond acceptors (Lipinski definition) is 4. The Labute approximate surface area is 124 Å². The van der Waals surface area contributed by atoms with Gasteiger partial charge in [0.05, 0.1) is 26.6 Å². The maximum atomic E-state index is 10.9. The second-order valence-electron chi connectivity index (χ2n) is 4.73. The van der Waals surface area contributed by atoms with Crippen LogP contribution in [0.2, 0.25) is 10.0 Å². The van der Waals surface area contributed by atoms with Gasteiger partial charge in [-0.1, -0.05) is 23.2 Å². The van der Waals surface area contributed by atoms with E-state index < -0.39 is 10.9 Å². The molecule has 20 heavy (non-hydrogen) atoms. The van der Waals surface area contributed by atoms with Gasteiger partial charge in [-0.2, -0.15) is 0 Å². The SMILES string of the molecule is O=C(O)[C@@H]1CC[C@H](Nc2c(Cl)cc([N+](=O)[O-])cc2Cl)C1. The number of anilines is 1. The van der Waals surface area contributed by atoms with Crippen molar-refractivity contribution in [1.82, 2.24) is 0 Å². The summed E-state index contributed by atoms with van der Waals surface area (Å²) in [6.07, 6.45) is 1.77. The van der Waals surface area contributed by atoms with Crippen LogP contribution in [0.25, 0.3) is 0 Å². The highest BCUT2D eigenvalue weighted by molar-refractivity contribution is 6.39. The molecule has 0 unspecified atom stereocenters. The number of carboxylic acids is 1. The number of rotatable bonds is 4. The molecule has 0 radical (unpaired) electrons. The molecular weight excluding hydrogens is 307 g/mol. The molecule has 0 spiro atoms. The zero-order valence-electron chi connectivity index (χ0n) is 10.3. The Balaban J connectivity index is 2.15. The summed E-state index contributed by atoms with van der Waals surface area (Å²) in [5.41, 5.74) is 0.232. The molecule has 1 aliphatic rings. The number of halogens is 2. The van der Waals surface area contributed by atoms with E-state index in [1.807, 2.05) is 0 Å². The standard InChI is InChI=1S/C12H12Cl2N2O4/c13-9-4-8(16(19)20)5-10(14)11(9)15-7-2-1-6(3-7)12(17)18/h4-7,15H,1-3H2,(H,17,18)/t6-,7+/m1/s1. The number of non-ortho nitro benzene ring substituents is 1. The van der Waals surface area contributed by atoms with Crippen molar-refractivity contribution in [1.29, 1.82) is 0 Å². The number of nitrogens with one attached hydrogen (secondary N) is 1. The van der Waals surface area contributed by atoms with Gasteiger partial charge in [0.1, 0.15) is 0 Å². The summed E-state index contributed by atoms with van der Waals surface area (Å²) in [7, 11) is 0. The number of nitrogens with zero attached hydrogens (tertiary/aromatic N) is 1. The minimum atomic E-state index is -0.810. The highest BCUT2D eigenvalue weighted by Gasteiger charge is 2.30. The summed E-state index contributed by atoms with van der Waals surface area (Å²) in [4.78, 5) is 21.0. The second-order valence-corrected chi connectivity index (χ2v) is 5.55. The molecule has 0 aromatic heterocycles. The molecule has 108 valence electrons. The Morgan fingerprint density at radius 2 is 1.95 bits per heavy atom. The minimum absolute atomic E-state index is 0.0486. The van der Waals surface area contributed by atoms with Gasteiger partial charge in [-0.3, -0.25) is 14.9 Å². The van der Waals surface area contributed by atoms with E-state index in [4.69, 9.17) is 28.3 Å². The normalized spacial score (nSPS) is 21.7. The Hall–Kier alpha value is -1.53. The summed E-state index contributed by atoms with van der Waals surface area (Å²) in [6.45, 7) is 0. The smallest absolute Gasteiger partial charge is 0.306 e. The van der Waals surface area contributed by atoms with Crippen molar-refractivity contribution in [2.24, 2.45) is 5.92 Å². The van der Waals surface area contributed by atoms with Crippen molar-refractivity contribution in [2.75, 3.05) is 5.32 Å². The number of carbonyl (C=O) groups is 1. The molecule has 1 fully saturated rings. The summed E-state index contributed by atoms with van der Waals surface area (Å²) < 4.78 is 0. The second kappa shape index (κ2) is 5.85. The lowest BCUT2D eigenvalue weighted by atomic mass is 10.1. The zero-order chi connectivity index (χ0) is 14.9. The third kappa shape index (κ3) is 3.13. The van der Waals surface area contributed by atoms with Gasteiger partial charge in [-0.25, -0.2) is 0 Å². The Kier molecular flexibility index (Phi) is 4.35. The number of nitro groups is 1. The van der Waals surface area contributed by atoms with E-state index in [1.165, 1.54) is 12.1 Å². The third-order valence-electron chi connectivity index (χ3n) is 3.37. The van der Waals surface area contributed by atoms with Gasteiger partial charge < -0.3 is 10.4 Å². The zero-order valence-corrected chi connectivity index (χ0v) is 11.8. The van der Waals surface area contributed by atoms with E-state index in [9.17, 15) is 14.9 Å². The van der Waals surface area contributed by atoms with Crippen LogP contribution in [0, 0.1) is 16.0 Å². The molecule has 0 heterocycles. The summed E-state index contributed by atoms with van der Waals surface area (Å²) in [5, 5.41) is 23.0. The van der Waals surface area contributed by atoms with Gasteiger partial charge in [0, 0.05) is 18.2 Å². The van der Waals surface area contributed by atoms with E-state index >= 15 is 0 Å². The van der Waals surface area contributed by atoms with E-state index in [2.05, 4.69) is 5.32 Å². The average molecular weight is 319 g/mol. The van der Waals surface area contributed by atoms with Crippen LogP contribution in [0.1, 0.15) is 19.3 Å². The highest BCUT2D eigenvalue weighted by Crippen LogP contribution is 2.37. The van der Waals surface area contributed by atoms with Gasteiger partial charge in [0.25, 0.3) is 5.69 Å².